The van der Waals surface area contributed by atoms with Gasteiger partial charge in [0.1, 0.15) is 0 Å². The van der Waals surface area contributed by atoms with E-state index in [9.17, 15) is 15.8 Å². The number of nitrogens with zero attached hydrogens (tertiary/aromatic N) is 8. The van der Waals surface area contributed by atoms with E-state index in [1.54, 1.807) is 0 Å². The molecule has 75 heavy (non-hydrogen) atoms. The van der Waals surface area contributed by atoms with Crippen molar-refractivity contribution in [3.8, 4) is 80.3 Å². The van der Waals surface area contributed by atoms with Gasteiger partial charge in [0.15, 0.2) is 5.82 Å². The Morgan fingerprint density at radius 1 is 0.293 bits per heavy atom. The highest BCUT2D eigenvalue weighted by molar-refractivity contribution is 6.14. The number of aromatic nitrogens is 5. The van der Waals surface area contributed by atoms with Gasteiger partial charge in [-0.25, -0.2) is 9.97 Å². The minimum atomic E-state index is 0.518. The smallest absolute Gasteiger partial charge is 0.160 e. The van der Waals surface area contributed by atoms with Gasteiger partial charge in [-0.05, 0) is 120 Å². The first kappa shape index (κ1) is 43.0. The van der Waals surface area contributed by atoms with E-state index in [2.05, 4.69) is 147 Å². The van der Waals surface area contributed by atoms with Gasteiger partial charge in [-0.1, -0.05) is 121 Å². The van der Waals surface area contributed by atoms with E-state index in [0.717, 1.165) is 105 Å². The summed E-state index contributed by atoms with van der Waals surface area (Å²) in [5.41, 5.74) is 16.8. The minimum absolute atomic E-state index is 0.518. The number of hydrogen-bond acceptors (Lipinski definition) is 5. The predicted molar refractivity (Wildman–Crippen MR) is 301 cm³/mol. The molecule has 0 radical (unpaired) electrons. The summed E-state index contributed by atoms with van der Waals surface area (Å²) in [7, 11) is 0. The monoisotopic (exact) mass is 954 g/mol. The van der Waals surface area contributed by atoms with Crippen LogP contribution in [0.1, 0.15) is 16.7 Å². The maximum Gasteiger partial charge on any atom is 0.160 e. The van der Waals surface area contributed by atoms with Crippen molar-refractivity contribution < 1.29 is 0 Å². The lowest BCUT2D eigenvalue weighted by Gasteiger charge is -2.13. The van der Waals surface area contributed by atoms with Crippen LogP contribution in [0.5, 0.6) is 0 Å². The zero-order chi connectivity index (χ0) is 50.1. The Labute approximate surface area is 430 Å². The first-order valence-electron chi connectivity index (χ1n) is 24.6. The van der Waals surface area contributed by atoms with Gasteiger partial charge < -0.3 is 13.7 Å². The van der Waals surface area contributed by atoms with E-state index >= 15 is 0 Å². The van der Waals surface area contributed by atoms with E-state index in [4.69, 9.17) is 9.97 Å². The van der Waals surface area contributed by atoms with Crippen LogP contribution in [-0.4, -0.2) is 23.7 Å². The van der Waals surface area contributed by atoms with Gasteiger partial charge in [0.25, 0.3) is 0 Å². The Morgan fingerprint density at radius 3 is 1.28 bits per heavy atom. The average molecular weight is 955 g/mol. The molecule has 0 N–H and O–H groups in total. The molecule has 0 aliphatic heterocycles. The largest absolute Gasteiger partial charge is 0.309 e. The number of rotatable bonds is 7. The van der Waals surface area contributed by atoms with E-state index in [1.165, 1.54) is 10.8 Å². The quantitative estimate of drug-likeness (QED) is 0.158. The lowest BCUT2D eigenvalue weighted by atomic mass is 9.97. The van der Waals surface area contributed by atoms with E-state index in [1.807, 2.05) is 115 Å². The van der Waals surface area contributed by atoms with Gasteiger partial charge >= 0.3 is 0 Å². The Balaban J connectivity index is 0.917. The summed E-state index contributed by atoms with van der Waals surface area (Å²) >= 11 is 0. The second-order valence-electron chi connectivity index (χ2n) is 18.7. The van der Waals surface area contributed by atoms with Crippen LogP contribution in [0.15, 0.2) is 231 Å². The number of fused-ring (bicyclic) bond motifs is 9. The molecule has 8 heteroatoms. The van der Waals surface area contributed by atoms with E-state index < -0.39 is 0 Å². The van der Waals surface area contributed by atoms with Crippen molar-refractivity contribution >= 4 is 65.4 Å². The fourth-order valence-corrected chi connectivity index (χ4v) is 11.1. The van der Waals surface area contributed by atoms with Gasteiger partial charge in [0.2, 0.25) is 0 Å². The third kappa shape index (κ3) is 6.96. The summed E-state index contributed by atoms with van der Waals surface area (Å²) in [4.78, 5) is 9.97. The topological polar surface area (TPSA) is 112 Å². The Kier molecular flexibility index (Phi) is 9.85. The fourth-order valence-electron chi connectivity index (χ4n) is 11.1. The molecule has 0 fully saturated rings. The molecular weight excluding hydrogens is 917 g/mol. The molecule has 14 rings (SSSR count). The molecule has 0 saturated carbocycles. The van der Waals surface area contributed by atoms with Crippen LogP contribution in [0.3, 0.4) is 0 Å². The van der Waals surface area contributed by atoms with Crippen molar-refractivity contribution in [3.63, 3.8) is 0 Å². The van der Waals surface area contributed by atoms with Crippen LogP contribution in [0.25, 0.3) is 128 Å². The highest BCUT2D eigenvalue weighted by atomic mass is 15.0. The summed E-state index contributed by atoms with van der Waals surface area (Å²) in [5.74, 6) is 0.594. The maximum absolute atomic E-state index is 10.7. The second kappa shape index (κ2) is 17.2. The third-order valence-electron chi connectivity index (χ3n) is 14.6. The Bertz CT molecular complexity index is 4610. The molecular formula is C67H38N8. The highest BCUT2D eigenvalue weighted by Crippen LogP contribution is 2.41. The summed E-state index contributed by atoms with van der Waals surface area (Å²) in [6, 6.07) is 85.7. The normalized spacial score (nSPS) is 11.4. The Hall–Kier alpha value is -10.9. The Morgan fingerprint density at radius 2 is 0.733 bits per heavy atom. The number of nitriles is 3. The van der Waals surface area contributed by atoms with Gasteiger partial charge in [0.05, 0.1) is 79.4 Å². The number of benzene rings is 10. The first-order chi connectivity index (χ1) is 37.0. The van der Waals surface area contributed by atoms with Crippen LogP contribution in [0.4, 0.5) is 0 Å². The maximum atomic E-state index is 10.7. The van der Waals surface area contributed by atoms with Gasteiger partial charge in [-0.2, -0.15) is 15.8 Å². The van der Waals surface area contributed by atoms with Crippen molar-refractivity contribution in [2.45, 2.75) is 0 Å². The highest BCUT2D eigenvalue weighted by Gasteiger charge is 2.21. The number of hydrogen-bond donors (Lipinski definition) is 0. The van der Waals surface area contributed by atoms with Crippen molar-refractivity contribution in [1.82, 2.24) is 23.7 Å². The molecule has 0 unspecified atom stereocenters. The van der Waals surface area contributed by atoms with E-state index in [-0.39, 0.29) is 0 Å². The van der Waals surface area contributed by atoms with Crippen LogP contribution >= 0.6 is 0 Å². The standard InChI is InChI=1S/C67H38N8/c68-39-42-19-29-63-55(33-42)56-34-43(40-69)20-30-64(56)75(63)51-27-32-66-58(37-51)57-36-50(74-61-17-9-7-15-53(61)54-16-8-10-18-62(54)74)26-31-65(57)73(66)49-24-21-44(22-25-49)47-23-28-52(48(35-47)41-70)60-38-59(45-11-3-1-4-12-45)71-67(72-60)46-13-5-2-6-14-46/h1-38H. The molecule has 14 aromatic rings. The molecule has 0 amide bonds. The molecule has 4 heterocycles. The molecule has 0 spiro atoms. The van der Waals surface area contributed by atoms with Crippen LogP contribution in [-0.2, 0) is 0 Å². The molecule has 0 atom stereocenters. The minimum Gasteiger partial charge on any atom is -0.309 e. The molecule has 0 saturated heterocycles. The van der Waals surface area contributed by atoms with Crippen LogP contribution < -0.4 is 0 Å². The third-order valence-corrected chi connectivity index (χ3v) is 14.6. The zero-order valence-corrected chi connectivity index (χ0v) is 40.0. The van der Waals surface area contributed by atoms with Crippen molar-refractivity contribution in [3.05, 3.63) is 247 Å². The van der Waals surface area contributed by atoms with Crippen LogP contribution in [0, 0.1) is 34.0 Å². The summed E-state index contributed by atoms with van der Waals surface area (Å²) in [6.07, 6.45) is 0. The molecule has 4 aromatic heterocycles. The summed E-state index contributed by atoms with van der Waals surface area (Å²) < 4.78 is 6.91. The van der Waals surface area contributed by atoms with Crippen molar-refractivity contribution in [1.29, 1.82) is 15.8 Å². The SMILES string of the molecule is N#Cc1ccc2c(c1)c1cc(C#N)ccc1n2-c1ccc2c(c1)c1cc(-n3c4ccccc4c4ccccc43)ccc1n2-c1ccc(-c2ccc(-c3cc(-c4ccccc4)nc(-c4ccccc4)n3)c(C#N)c2)cc1. The number of para-hydroxylation sites is 2. The van der Waals surface area contributed by atoms with Crippen LogP contribution in [0.2, 0.25) is 0 Å². The zero-order valence-electron chi connectivity index (χ0n) is 40.0. The molecule has 0 aliphatic carbocycles. The van der Waals surface area contributed by atoms with Crippen molar-refractivity contribution in [2.24, 2.45) is 0 Å². The van der Waals surface area contributed by atoms with Gasteiger partial charge in [-0.3, -0.25) is 0 Å². The molecule has 0 aliphatic rings. The molecule has 0 bridgehead atoms. The predicted octanol–water partition coefficient (Wildman–Crippen LogP) is 16.1. The molecule has 10 aromatic carbocycles. The van der Waals surface area contributed by atoms with Gasteiger partial charge in [-0.15, -0.1) is 0 Å². The fraction of sp³-hybridized carbons (Fsp3) is 0. The first-order valence-corrected chi connectivity index (χ1v) is 24.6. The van der Waals surface area contributed by atoms with E-state index in [0.29, 0.717) is 28.2 Å². The van der Waals surface area contributed by atoms with Crippen molar-refractivity contribution in [2.75, 3.05) is 0 Å². The molecule has 346 valence electrons. The van der Waals surface area contributed by atoms with Gasteiger partial charge in [0, 0.05) is 66.1 Å². The second-order valence-corrected chi connectivity index (χ2v) is 18.7. The lowest BCUT2D eigenvalue weighted by molar-refractivity contribution is 1.16. The average Bonchev–Trinajstić information content (AvgIpc) is 4.15. The summed E-state index contributed by atoms with van der Waals surface area (Å²) in [6.45, 7) is 0. The lowest BCUT2D eigenvalue weighted by Crippen LogP contribution is -1.97. The molecule has 8 nitrogen and oxygen atoms in total. The summed E-state index contributed by atoms with van der Waals surface area (Å²) in [5, 5.41) is 36.9.